The SMILES string of the molecule is CCSc1nnc(NC(=O)CN2CCC(Cn3ccnc3)CC2)s1. The van der Waals surface area contributed by atoms with Crippen molar-refractivity contribution < 1.29 is 4.79 Å². The van der Waals surface area contributed by atoms with E-state index in [-0.39, 0.29) is 5.91 Å². The first-order valence-corrected chi connectivity index (χ1v) is 9.97. The molecule has 0 saturated carbocycles. The van der Waals surface area contributed by atoms with Crippen LogP contribution in [0.3, 0.4) is 0 Å². The summed E-state index contributed by atoms with van der Waals surface area (Å²) in [5, 5.41) is 11.5. The van der Waals surface area contributed by atoms with Crippen molar-refractivity contribution in [2.24, 2.45) is 5.92 Å². The Balaban J connectivity index is 1.39. The molecule has 1 fully saturated rings. The van der Waals surface area contributed by atoms with Gasteiger partial charge in [-0.1, -0.05) is 30.0 Å². The largest absolute Gasteiger partial charge is 0.337 e. The first-order chi connectivity index (χ1) is 11.7. The zero-order chi connectivity index (χ0) is 16.8. The van der Waals surface area contributed by atoms with Crippen LogP contribution in [0.4, 0.5) is 5.13 Å². The van der Waals surface area contributed by atoms with Crippen molar-refractivity contribution >= 4 is 34.1 Å². The fourth-order valence-corrected chi connectivity index (χ4v) is 4.49. The van der Waals surface area contributed by atoms with Crippen molar-refractivity contribution in [3.05, 3.63) is 18.7 Å². The number of rotatable bonds is 7. The monoisotopic (exact) mass is 366 g/mol. The fourth-order valence-electron chi connectivity index (χ4n) is 2.82. The predicted molar refractivity (Wildman–Crippen MR) is 96.3 cm³/mol. The Morgan fingerprint density at radius 1 is 1.42 bits per heavy atom. The molecule has 9 heteroatoms. The summed E-state index contributed by atoms with van der Waals surface area (Å²) in [6, 6.07) is 0. The number of imidazole rings is 1. The van der Waals surface area contributed by atoms with Crippen LogP contribution >= 0.6 is 23.1 Å². The highest BCUT2D eigenvalue weighted by molar-refractivity contribution is 8.01. The van der Waals surface area contributed by atoms with Gasteiger partial charge >= 0.3 is 0 Å². The molecule has 24 heavy (non-hydrogen) atoms. The summed E-state index contributed by atoms with van der Waals surface area (Å²) in [5.41, 5.74) is 0. The Labute approximate surface area is 149 Å². The van der Waals surface area contributed by atoms with Crippen LogP contribution in [0.15, 0.2) is 23.1 Å². The lowest BCUT2D eigenvalue weighted by atomic mass is 9.97. The Hall–Kier alpha value is -1.45. The molecule has 3 heterocycles. The Morgan fingerprint density at radius 2 is 2.25 bits per heavy atom. The Kier molecular flexibility index (Phi) is 6.22. The molecule has 0 atom stereocenters. The topological polar surface area (TPSA) is 75.9 Å². The Bertz CT molecular complexity index is 636. The summed E-state index contributed by atoms with van der Waals surface area (Å²) in [7, 11) is 0. The van der Waals surface area contributed by atoms with E-state index in [9.17, 15) is 4.79 Å². The van der Waals surface area contributed by atoms with Crippen molar-refractivity contribution in [3.63, 3.8) is 0 Å². The number of carbonyl (C=O) groups excluding carboxylic acids is 1. The molecule has 0 aliphatic carbocycles. The fraction of sp³-hybridized carbons (Fsp3) is 0.600. The van der Waals surface area contributed by atoms with E-state index < -0.39 is 0 Å². The van der Waals surface area contributed by atoms with Crippen LogP contribution in [0.1, 0.15) is 19.8 Å². The van der Waals surface area contributed by atoms with Crippen LogP contribution in [0.25, 0.3) is 0 Å². The van der Waals surface area contributed by atoms with E-state index in [0.717, 1.165) is 42.6 Å². The minimum atomic E-state index is -0.00717. The highest BCUT2D eigenvalue weighted by Crippen LogP contribution is 2.25. The third kappa shape index (κ3) is 5.02. The molecule has 1 saturated heterocycles. The number of amides is 1. The number of hydrogen-bond donors (Lipinski definition) is 1. The molecule has 2 aromatic heterocycles. The normalized spacial score (nSPS) is 16.4. The van der Waals surface area contributed by atoms with Gasteiger partial charge in [-0.3, -0.25) is 15.0 Å². The van der Waals surface area contributed by atoms with Gasteiger partial charge in [0.1, 0.15) is 0 Å². The number of likely N-dealkylation sites (tertiary alicyclic amines) is 1. The highest BCUT2D eigenvalue weighted by Gasteiger charge is 2.21. The molecule has 0 spiro atoms. The minimum absolute atomic E-state index is 0.00717. The summed E-state index contributed by atoms with van der Waals surface area (Å²) >= 11 is 3.07. The lowest BCUT2D eigenvalue weighted by Gasteiger charge is -2.31. The van der Waals surface area contributed by atoms with Crippen molar-refractivity contribution in [3.8, 4) is 0 Å². The van der Waals surface area contributed by atoms with E-state index in [1.54, 1.807) is 11.8 Å². The average molecular weight is 367 g/mol. The summed E-state index contributed by atoms with van der Waals surface area (Å²) in [5.74, 6) is 1.61. The van der Waals surface area contributed by atoms with Crippen LogP contribution in [0.5, 0.6) is 0 Å². The molecule has 7 nitrogen and oxygen atoms in total. The predicted octanol–water partition coefficient (Wildman–Crippen LogP) is 2.20. The molecule has 3 rings (SSSR count). The van der Waals surface area contributed by atoms with Crippen molar-refractivity contribution in [1.82, 2.24) is 24.6 Å². The van der Waals surface area contributed by atoms with Crippen LogP contribution in [-0.4, -0.2) is 55.9 Å². The maximum atomic E-state index is 12.2. The number of nitrogens with zero attached hydrogens (tertiary/aromatic N) is 5. The Morgan fingerprint density at radius 3 is 2.96 bits per heavy atom. The van der Waals surface area contributed by atoms with Gasteiger partial charge in [-0.15, -0.1) is 10.2 Å². The maximum Gasteiger partial charge on any atom is 0.240 e. The second kappa shape index (κ2) is 8.59. The molecule has 2 aromatic rings. The smallest absolute Gasteiger partial charge is 0.240 e. The van der Waals surface area contributed by atoms with E-state index in [1.807, 2.05) is 18.7 Å². The van der Waals surface area contributed by atoms with Crippen LogP contribution < -0.4 is 5.32 Å². The molecule has 0 bridgehead atoms. The van der Waals surface area contributed by atoms with E-state index in [1.165, 1.54) is 11.3 Å². The highest BCUT2D eigenvalue weighted by atomic mass is 32.2. The van der Waals surface area contributed by atoms with Crippen molar-refractivity contribution in [2.45, 2.75) is 30.6 Å². The quantitative estimate of drug-likeness (QED) is 0.598. The molecule has 0 radical (unpaired) electrons. The summed E-state index contributed by atoms with van der Waals surface area (Å²) in [4.78, 5) is 18.4. The van der Waals surface area contributed by atoms with Gasteiger partial charge in [0.05, 0.1) is 12.9 Å². The van der Waals surface area contributed by atoms with Gasteiger partial charge in [-0.05, 0) is 37.6 Å². The molecule has 1 amide bonds. The second-order valence-corrected chi connectivity index (χ2v) is 8.32. The van der Waals surface area contributed by atoms with E-state index in [2.05, 4.69) is 36.9 Å². The standard InChI is InChI=1S/C15H22N6OS2/c1-2-23-15-19-18-14(24-15)17-13(22)10-20-6-3-12(4-7-20)9-21-8-5-16-11-21/h5,8,11-12H,2-4,6-7,9-10H2,1H3,(H,17,18,22). The number of thioether (sulfide) groups is 1. The minimum Gasteiger partial charge on any atom is -0.337 e. The van der Waals surface area contributed by atoms with Gasteiger partial charge in [0.2, 0.25) is 11.0 Å². The summed E-state index contributed by atoms with van der Waals surface area (Å²) in [6.07, 6.45) is 7.92. The van der Waals surface area contributed by atoms with Gasteiger partial charge in [-0.25, -0.2) is 4.98 Å². The molecule has 1 aliphatic heterocycles. The molecule has 1 aliphatic rings. The molecule has 0 aromatic carbocycles. The third-order valence-corrected chi connectivity index (χ3v) is 5.88. The zero-order valence-electron chi connectivity index (χ0n) is 13.7. The van der Waals surface area contributed by atoms with Crippen LogP contribution in [0, 0.1) is 5.92 Å². The van der Waals surface area contributed by atoms with Crippen molar-refractivity contribution in [1.29, 1.82) is 0 Å². The molecular weight excluding hydrogens is 344 g/mol. The van der Waals surface area contributed by atoms with E-state index >= 15 is 0 Å². The zero-order valence-corrected chi connectivity index (χ0v) is 15.4. The number of carbonyl (C=O) groups is 1. The molecule has 1 N–H and O–H groups in total. The number of hydrogen-bond acceptors (Lipinski definition) is 7. The number of piperidine rings is 1. The van der Waals surface area contributed by atoms with Crippen molar-refractivity contribution in [2.75, 3.05) is 30.7 Å². The van der Waals surface area contributed by atoms with Gasteiger partial charge < -0.3 is 4.57 Å². The van der Waals surface area contributed by atoms with Crippen LogP contribution in [0.2, 0.25) is 0 Å². The maximum absolute atomic E-state index is 12.2. The summed E-state index contributed by atoms with van der Waals surface area (Å²) in [6.45, 7) is 5.43. The number of aromatic nitrogens is 4. The molecule has 130 valence electrons. The van der Waals surface area contributed by atoms with E-state index in [0.29, 0.717) is 17.6 Å². The lowest BCUT2D eigenvalue weighted by molar-refractivity contribution is -0.117. The van der Waals surface area contributed by atoms with E-state index in [4.69, 9.17) is 0 Å². The first-order valence-electron chi connectivity index (χ1n) is 8.17. The van der Waals surface area contributed by atoms with Gasteiger partial charge in [0.15, 0.2) is 4.34 Å². The first kappa shape index (κ1) is 17.4. The second-order valence-electron chi connectivity index (χ2n) is 5.83. The lowest BCUT2D eigenvalue weighted by Crippen LogP contribution is -2.39. The van der Waals surface area contributed by atoms with Gasteiger partial charge in [-0.2, -0.15) is 0 Å². The number of nitrogens with one attached hydrogen (secondary N) is 1. The average Bonchev–Trinajstić information content (AvgIpc) is 3.22. The van der Waals surface area contributed by atoms with Gasteiger partial charge in [0, 0.05) is 18.9 Å². The third-order valence-electron chi connectivity index (χ3n) is 4.02. The molecule has 0 unspecified atom stereocenters. The van der Waals surface area contributed by atoms with Crippen LogP contribution in [-0.2, 0) is 11.3 Å². The number of anilines is 1. The summed E-state index contributed by atoms with van der Waals surface area (Å²) < 4.78 is 3.03. The molecular formula is C15H22N6OS2. The van der Waals surface area contributed by atoms with Gasteiger partial charge in [0.25, 0.3) is 0 Å².